The van der Waals surface area contributed by atoms with Gasteiger partial charge in [0.15, 0.2) is 5.82 Å². The Morgan fingerprint density at radius 3 is 3.00 bits per heavy atom. The zero-order chi connectivity index (χ0) is 12.4. The van der Waals surface area contributed by atoms with Gasteiger partial charge in [0.05, 0.1) is 6.10 Å². The van der Waals surface area contributed by atoms with Crippen molar-refractivity contribution in [2.45, 2.75) is 26.0 Å². The third-order valence-electron chi connectivity index (χ3n) is 3.11. The van der Waals surface area contributed by atoms with Crippen molar-refractivity contribution in [2.75, 3.05) is 19.6 Å². The van der Waals surface area contributed by atoms with Crippen LogP contribution in [0.1, 0.15) is 12.2 Å². The van der Waals surface area contributed by atoms with E-state index < -0.39 is 4.92 Å². The predicted octanol–water partition coefficient (Wildman–Crippen LogP) is 0.166. The number of hydrogen-bond donors (Lipinski definition) is 1. The third kappa shape index (κ3) is 2.62. The fourth-order valence-electron chi connectivity index (χ4n) is 2.14. The smallest absolute Gasteiger partial charge is 0.342 e. The Balaban J connectivity index is 1.99. The van der Waals surface area contributed by atoms with E-state index in [0.717, 1.165) is 13.0 Å². The molecule has 0 saturated carbocycles. The molecule has 7 heteroatoms. The summed E-state index contributed by atoms with van der Waals surface area (Å²) in [4.78, 5) is 16.4. The van der Waals surface area contributed by atoms with Gasteiger partial charge in [0, 0.05) is 26.6 Å². The fourth-order valence-corrected chi connectivity index (χ4v) is 2.14. The molecule has 17 heavy (non-hydrogen) atoms. The standard InChI is InChI=1S/C10H16N4O3/c1-8-11-6-10(14(16)17)13(8)5-4-12-3-2-9(15)7-12/h6,9,15H,2-5,7H2,1H3/t9-/m1/s1. The summed E-state index contributed by atoms with van der Waals surface area (Å²) >= 11 is 0. The second-order valence-corrected chi connectivity index (χ2v) is 4.32. The topological polar surface area (TPSA) is 84.4 Å². The van der Waals surface area contributed by atoms with Crippen LogP contribution in [0.4, 0.5) is 5.82 Å². The van der Waals surface area contributed by atoms with Crippen LogP contribution in [0.5, 0.6) is 0 Å². The minimum Gasteiger partial charge on any atom is -0.392 e. The van der Waals surface area contributed by atoms with Crippen molar-refractivity contribution in [3.05, 3.63) is 22.1 Å². The number of aryl methyl sites for hydroxylation is 1. The second kappa shape index (κ2) is 4.80. The van der Waals surface area contributed by atoms with Crippen molar-refractivity contribution < 1.29 is 10.0 Å². The lowest BCUT2D eigenvalue weighted by Crippen LogP contribution is -2.26. The van der Waals surface area contributed by atoms with E-state index >= 15 is 0 Å². The quantitative estimate of drug-likeness (QED) is 0.599. The lowest BCUT2D eigenvalue weighted by Gasteiger charge is -2.13. The van der Waals surface area contributed by atoms with E-state index in [1.54, 1.807) is 11.5 Å². The van der Waals surface area contributed by atoms with Crippen LogP contribution in [-0.4, -0.2) is 50.2 Å². The Morgan fingerprint density at radius 2 is 2.41 bits per heavy atom. The van der Waals surface area contributed by atoms with Crippen LogP contribution in [-0.2, 0) is 6.54 Å². The average Bonchev–Trinajstić information content (AvgIpc) is 2.82. The highest BCUT2D eigenvalue weighted by atomic mass is 16.6. The number of nitro groups is 1. The van der Waals surface area contributed by atoms with Crippen molar-refractivity contribution in [1.82, 2.24) is 14.5 Å². The Morgan fingerprint density at radius 1 is 1.65 bits per heavy atom. The summed E-state index contributed by atoms with van der Waals surface area (Å²) in [5.74, 6) is 0.679. The van der Waals surface area contributed by atoms with Gasteiger partial charge in [0.25, 0.3) is 0 Å². The van der Waals surface area contributed by atoms with Gasteiger partial charge in [-0.15, -0.1) is 0 Å². The van der Waals surface area contributed by atoms with Crippen molar-refractivity contribution in [1.29, 1.82) is 0 Å². The molecule has 94 valence electrons. The number of hydrogen-bond acceptors (Lipinski definition) is 5. The van der Waals surface area contributed by atoms with Gasteiger partial charge in [-0.1, -0.05) is 0 Å². The lowest BCUT2D eigenvalue weighted by molar-refractivity contribution is -0.392. The van der Waals surface area contributed by atoms with Gasteiger partial charge in [0.1, 0.15) is 12.7 Å². The molecular weight excluding hydrogens is 224 g/mol. The highest BCUT2D eigenvalue weighted by Crippen LogP contribution is 2.15. The molecule has 1 atom stereocenters. The normalized spacial score (nSPS) is 20.9. The first-order chi connectivity index (χ1) is 8.08. The van der Waals surface area contributed by atoms with Crippen LogP contribution in [0.2, 0.25) is 0 Å². The van der Waals surface area contributed by atoms with Crippen LogP contribution in [0.15, 0.2) is 6.20 Å². The van der Waals surface area contributed by atoms with E-state index in [9.17, 15) is 15.2 Å². The number of rotatable bonds is 4. The van der Waals surface area contributed by atoms with Gasteiger partial charge in [-0.25, -0.2) is 9.55 Å². The van der Waals surface area contributed by atoms with Crippen LogP contribution in [0, 0.1) is 17.0 Å². The molecule has 0 aromatic carbocycles. The summed E-state index contributed by atoms with van der Waals surface area (Å²) in [7, 11) is 0. The summed E-state index contributed by atoms with van der Waals surface area (Å²) in [6.45, 7) is 4.50. The molecule has 7 nitrogen and oxygen atoms in total. The molecule has 1 saturated heterocycles. The number of β-amino-alcohol motifs (C(OH)–C–C–N with tert-alkyl or cyclic N) is 1. The Labute approximate surface area is 98.8 Å². The van der Waals surface area contributed by atoms with Gasteiger partial charge in [0.2, 0.25) is 0 Å². The average molecular weight is 240 g/mol. The minimum absolute atomic E-state index is 0.0299. The van der Waals surface area contributed by atoms with Gasteiger partial charge >= 0.3 is 5.82 Å². The third-order valence-corrected chi connectivity index (χ3v) is 3.11. The summed E-state index contributed by atoms with van der Waals surface area (Å²) in [5, 5.41) is 20.2. The van der Waals surface area contributed by atoms with Crippen LogP contribution in [0.25, 0.3) is 0 Å². The predicted molar refractivity (Wildman–Crippen MR) is 60.7 cm³/mol. The maximum atomic E-state index is 10.8. The summed E-state index contributed by atoms with van der Waals surface area (Å²) < 4.78 is 1.60. The monoisotopic (exact) mass is 240 g/mol. The van der Waals surface area contributed by atoms with Crippen molar-refractivity contribution in [3.63, 3.8) is 0 Å². The molecule has 2 rings (SSSR count). The molecule has 0 radical (unpaired) electrons. The zero-order valence-corrected chi connectivity index (χ0v) is 9.74. The Bertz CT molecular complexity index is 418. The zero-order valence-electron chi connectivity index (χ0n) is 9.74. The van der Waals surface area contributed by atoms with E-state index in [0.29, 0.717) is 25.5 Å². The van der Waals surface area contributed by atoms with Crippen LogP contribution in [0.3, 0.4) is 0 Å². The van der Waals surface area contributed by atoms with Gasteiger partial charge < -0.3 is 15.2 Å². The lowest BCUT2D eigenvalue weighted by atomic mass is 10.3. The van der Waals surface area contributed by atoms with E-state index in [2.05, 4.69) is 9.88 Å². The van der Waals surface area contributed by atoms with Gasteiger partial charge in [-0.2, -0.15) is 0 Å². The van der Waals surface area contributed by atoms with Gasteiger partial charge in [-0.05, 0) is 11.3 Å². The number of aromatic nitrogens is 2. The minimum atomic E-state index is -0.418. The number of likely N-dealkylation sites (tertiary alicyclic amines) is 1. The molecular formula is C10H16N4O3. The summed E-state index contributed by atoms with van der Waals surface area (Å²) in [6, 6.07) is 0. The molecule has 1 N–H and O–H groups in total. The molecule has 1 aromatic heterocycles. The van der Waals surface area contributed by atoms with Crippen molar-refractivity contribution in [3.8, 4) is 0 Å². The highest BCUT2D eigenvalue weighted by molar-refractivity contribution is 5.18. The number of aliphatic hydroxyl groups is 1. The molecule has 0 spiro atoms. The molecule has 1 aliphatic rings. The first kappa shape index (κ1) is 12.0. The molecule has 1 fully saturated rings. The molecule has 0 aliphatic carbocycles. The van der Waals surface area contributed by atoms with E-state index in [1.165, 1.54) is 6.20 Å². The molecule has 1 aromatic rings. The molecule has 0 bridgehead atoms. The summed E-state index contributed by atoms with van der Waals surface area (Å²) in [5.41, 5.74) is 0. The second-order valence-electron chi connectivity index (χ2n) is 4.32. The Kier molecular flexibility index (Phi) is 3.39. The highest BCUT2D eigenvalue weighted by Gasteiger charge is 2.22. The van der Waals surface area contributed by atoms with E-state index in [1.807, 2.05) is 0 Å². The van der Waals surface area contributed by atoms with Crippen molar-refractivity contribution in [2.24, 2.45) is 0 Å². The van der Waals surface area contributed by atoms with Crippen LogP contribution < -0.4 is 0 Å². The van der Waals surface area contributed by atoms with Crippen LogP contribution >= 0.6 is 0 Å². The maximum Gasteiger partial charge on any atom is 0.342 e. The first-order valence-electron chi connectivity index (χ1n) is 5.65. The molecule has 0 unspecified atom stereocenters. The van der Waals surface area contributed by atoms with Gasteiger partial charge in [-0.3, -0.25) is 4.90 Å². The number of nitrogens with zero attached hydrogens (tertiary/aromatic N) is 4. The molecule has 1 aliphatic heterocycles. The van der Waals surface area contributed by atoms with E-state index in [4.69, 9.17) is 0 Å². The SMILES string of the molecule is Cc1ncc([N+](=O)[O-])n1CCN1CC[C@@H](O)C1. The largest absolute Gasteiger partial charge is 0.392 e. The van der Waals surface area contributed by atoms with Crippen molar-refractivity contribution >= 4 is 5.82 Å². The molecule has 0 amide bonds. The fraction of sp³-hybridized carbons (Fsp3) is 0.700. The maximum absolute atomic E-state index is 10.8. The molecule has 2 heterocycles. The number of aliphatic hydroxyl groups excluding tert-OH is 1. The number of imidazole rings is 1. The Hall–Kier alpha value is -1.47. The first-order valence-corrected chi connectivity index (χ1v) is 5.65. The van der Waals surface area contributed by atoms with E-state index in [-0.39, 0.29) is 11.9 Å². The summed E-state index contributed by atoms with van der Waals surface area (Å²) in [6.07, 6.45) is 1.81.